The highest BCUT2D eigenvalue weighted by molar-refractivity contribution is 4.57. The van der Waals surface area contributed by atoms with E-state index in [2.05, 4.69) is 55.4 Å². The molecule has 0 aliphatic heterocycles. The maximum Gasteiger partial charge on any atom is 0.0786 e. The van der Waals surface area contributed by atoms with Crippen LogP contribution in [0.25, 0.3) is 0 Å². The zero-order chi connectivity index (χ0) is 48.6. The first kappa shape index (κ1) is 74.4. The summed E-state index contributed by atoms with van der Waals surface area (Å²) in [6.45, 7) is 30.5. The topological polar surface area (TPSA) is 60.0 Å². The van der Waals surface area contributed by atoms with Crippen LogP contribution < -0.4 is 0 Å². The molecule has 4 heteroatoms. The normalized spacial score (nSPS) is 11.6. The predicted molar refractivity (Wildman–Crippen MR) is 310 cm³/mol. The second-order valence-electron chi connectivity index (χ2n) is 22.6. The molecule has 416 valence electrons. The zero-order valence-corrected chi connectivity index (χ0v) is 49.4. The minimum absolute atomic E-state index is 0. The average Bonchev–Trinajstić information content (AvgIpc) is 3.33. The Balaban J connectivity index is -0.000000585. The number of nitrogens with zero attached hydrogens (tertiary/aromatic N) is 2. The third-order valence-electron chi connectivity index (χ3n) is 15.9. The molecule has 2 N–H and O–H groups in total. The third kappa shape index (κ3) is 53.6. The Morgan fingerprint density at radius 1 is 0.132 bits per heavy atom. The summed E-state index contributed by atoms with van der Waals surface area (Å²) in [5.74, 6) is 0. The summed E-state index contributed by atoms with van der Waals surface area (Å²) >= 11 is 0. The van der Waals surface area contributed by atoms with Gasteiger partial charge in [0.1, 0.15) is 0 Å². The van der Waals surface area contributed by atoms with Crippen molar-refractivity contribution in [3.8, 4) is 0 Å². The summed E-state index contributed by atoms with van der Waals surface area (Å²) in [4.78, 5) is 0. The molecule has 0 radical (unpaired) electrons. The first-order valence-corrected chi connectivity index (χ1v) is 32.2. The van der Waals surface area contributed by atoms with Gasteiger partial charge in [-0.05, 0) is 103 Å². The lowest BCUT2D eigenvalue weighted by Gasteiger charge is -2.40. The van der Waals surface area contributed by atoms with Crippen LogP contribution in [0.15, 0.2) is 0 Å². The molecule has 0 saturated carbocycles. The first-order chi connectivity index (χ1) is 32.5. The van der Waals surface area contributed by atoms with E-state index >= 15 is 0 Å². The number of unbranched alkanes of at least 4 members (excludes halogenated alkanes) is 40. The Hall–Kier alpha value is -0.160. The number of hydrogen-bond donors (Lipinski definition) is 0. The molecule has 0 aromatic heterocycles. The monoisotopic (exact) mass is 967 g/mol. The molecule has 0 aliphatic rings. The standard InChI is InChI=1S/2C32H68N.2H2O/c2*1-5-9-13-17-21-25-29-33(30-26-22-18-14-10-6-2,31-27-23-19-15-11-7-3)32-28-24-20-16-12-8-4;;/h2*5-32H2,1-4H3;2*1H2/q2*+1;;/p-2. The maximum absolute atomic E-state index is 2.34. The molecule has 0 rings (SSSR count). The van der Waals surface area contributed by atoms with Gasteiger partial charge in [0.25, 0.3) is 0 Å². The van der Waals surface area contributed by atoms with E-state index in [4.69, 9.17) is 0 Å². The third-order valence-corrected chi connectivity index (χ3v) is 15.9. The van der Waals surface area contributed by atoms with Crippen molar-refractivity contribution in [3.63, 3.8) is 0 Å². The van der Waals surface area contributed by atoms with Crippen LogP contribution in [0.3, 0.4) is 0 Å². The Labute approximate surface area is 434 Å². The van der Waals surface area contributed by atoms with E-state index in [0.717, 1.165) is 0 Å². The lowest BCUT2D eigenvalue weighted by molar-refractivity contribution is -0.929. The number of quaternary nitrogens is 2. The lowest BCUT2D eigenvalue weighted by Crippen LogP contribution is -2.50. The molecule has 0 saturated heterocycles. The Bertz CT molecular complexity index is 643. The fraction of sp³-hybridized carbons (Fsp3) is 1.00. The largest absolute Gasteiger partial charge is 0.870 e. The van der Waals surface area contributed by atoms with Gasteiger partial charge in [-0.3, -0.25) is 0 Å². The summed E-state index contributed by atoms with van der Waals surface area (Å²) in [5.41, 5.74) is 0. The van der Waals surface area contributed by atoms with Gasteiger partial charge in [0, 0.05) is 0 Å². The van der Waals surface area contributed by atoms with Gasteiger partial charge in [-0.2, -0.15) is 0 Å². The van der Waals surface area contributed by atoms with Gasteiger partial charge >= 0.3 is 0 Å². The van der Waals surface area contributed by atoms with Crippen molar-refractivity contribution >= 4 is 0 Å². The van der Waals surface area contributed by atoms with Crippen LogP contribution in [0, 0.1) is 0 Å². The summed E-state index contributed by atoms with van der Waals surface area (Å²) in [6, 6.07) is 0. The van der Waals surface area contributed by atoms with E-state index in [0.29, 0.717) is 0 Å². The van der Waals surface area contributed by atoms with Crippen LogP contribution in [-0.4, -0.2) is 72.3 Å². The van der Waals surface area contributed by atoms with E-state index in [1.165, 1.54) is 370 Å². The smallest absolute Gasteiger partial charge is 0.0786 e. The van der Waals surface area contributed by atoms with Gasteiger partial charge in [-0.25, -0.2) is 0 Å². The molecule has 0 heterocycles. The summed E-state index contributed by atoms with van der Waals surface area (Å²) < 4.78 is 2.95. The van der Waals surface area contributed by atoms with Crippen LogP contribution in [-0.2, 0) is 0 Å². The maximum atomic E-state index is 2.34. The minimum atomic E-state index is 0. The molecular formula is C64H138N2O2. The van der Waals surface area contributed by atoms with Gasteiger partial charge in [0.15, 0.2) is 0 Å². The molecule has 0 aliphatic carbocycles. The molecule has 0 unspecified atom stereocenters. The minimum Gasteiger partial charge on any atom is -0.870 e. The molecule has 0 fully saturated rings. The molecule has 4 nitrogen and oxygen atoms in total. The van der Waals surface area contributed by atoms with Crippen LogP contribution in [0.5, 0.6) is 0 Å². The molecule has 0 bridgehead atoms. The molecule has 0 spiro atoms. The van der Waals surface area contributed by atoms with Crippen LogP contribution >= 0.6 is 0 Å². The summed E-state index contributed by atoms with van der Waals surface area (Å²) in [5, 5.41) is 0. The second-order valence-corrected chi connectivity index (χ2v) is 22.6. The highest BCUT2D eigenvalue weighted by atomic mass is 16.0. The van der Waals surface area contributed by atoms with Crippen molar-refractivity contribution in [3.05, 3.63) is 0 Å². The van der Waals surface area contributed by atoms with Gasteiger partial charge < -0.3 is 19.9 Å². The Kier molecular flexibility index (Phi) is 68.9. The molecule has 0 aromatic carbocycles. The van der Waals surface area contributed by atoms with Gasteiger partial charge in [0.2, 0.25) is 0 Å². The van der Waals surface area contributed by atoms with Crippen LogP contribution in [0.4, 0.5) is 0 Å². The molecule has 0 amide bonds. The fourth-order valence-electron chi connectivity index (χ4n) is 11.2. The van der Waals surface area contributed by atoms with E-state index in [9.17, 15) is 0 Å². The molecule has 0 atom stereocenters. The van der Waals surface area contributed by atoms with Gasteiger partial charge in [-0.1, -0.05) is 261 Å². The van der Waals surface area contributed by atoms with Crippen molar-refractivity contribution < 1.29 is 19.9 Å². The van der Waals surface area contributed by atoms with Crippen molar-refractivity contribution in [1.29, 1.82) is 0 Å². The summed E-state index contributed by atoms with van der Waals surface area (Å²) in [6.07, 6.45) is 69.5. The van der Waals surface area contributed by atoms with E-state index in [1.807, 2.05) is 0 Å². The number of rotatable bonds is 56. The predicted octanol–water partition coefficient (Wildman–Crippen LogP) is 22.1. The van der Waals surface area contributed by atoms with Gasteiger partial charge in [-0.15, -0.1) is 0 Å². The van der Waals surface area contributed by atoms with Crippen molar-refractivity contribution in [1.82, 2.24) is 0 Å². The van der Waals surface area contributed by atoms with Crippen molar-refractivity contribution in [2.24, 2.45) is 0 Å². The SMILES string of the molecule is CCCCCCCC[N+](CCCCCCCC)(CCCCCCCC)CCCCCCCC.CCCCCCCC[N+](CCCCCCCC)(CCCCCCCC)CCCCCCCC.[OH-].[OH-]. The Morgan fingerprint density at radius 3 is 0.324 bits per heavy atom. The summed E-state index contributed by atoms with van der Waals surface area (Å²) in [7, 11) is 0. The molecular weight excluding hydrogens is 829 g/mol. The van der Waals surface area contributed by atoms with Crippen molar-refractivity contribution in [2.75, 3.05) is 52.4 Å². The lowest BCUT2D eigenvalue weighted by atomic mass is 10.0. The van der Waals surface area contributed by atoms with Crippen LogP contribution in [0.1, 0.15) is 364 Å². The van der Waals surface area contributed by atoms with Gasteiger partial charge in [0.05, 0.1) is 52.4 Å². The number of hydrogen-bond acceptors (Lipinski definition) is 2. The average molecular weight is 968 g/mol. The van der Waals surface area contributed by atoms with E-state index in [-0.39, 0.29) is 11.0 Å². The highest BCUT2D eigenvalue weighted by Crippen LogP contribution is 2.23. The quantitative estimate of drug-likeness (QED) is 0.0450. The Morgan fingerprint density at radius 2 is 0.221 bits per heavy atom. The zero-order valence-electron chi connectivity index (χ0n) is 49.4. The second kappa shape index (κ2) is 63.0. The van der Waals surface area contributed by atoms with E-state index < -0.39 is 0 Å². The van der Waals surface area contributed by atoms with E-state index in [1.54, 1.807) is 0 Å². The fourth-order valence-corrected chi connectivity index (χ4v) is 11.2. The van der Waals surface area contributed by atoms with Crippen molar-refractivity contribution in [2.45, 2.75) is 364 Å². The first-order valence-electron chi connectivity index (χ1n) is 32.2. The molecule has 0 aromatic rings. The van der Waals surface area contributed by atoms with Crippen LogP contribution in [0.2, 0.25) is 0 Å². The molecule has 68 heavy (non-hydrogen) atoms. The highest BCUT2D eigenvalue weighted by Gasteiger charge is 2.27.